The van der Waals surface area contributed by atoms with Crippen molar-refractivity contribution in [2.45, 2.75) is 43.7 Å². The molecule has 0 fully saturated rings. The number of amides is 1. The number of hydrogen-bond acceptors (Lipinski definition) is 3. The molecule has 1 unspecified atom stereocenters. The summed E-state index contributed by atoms with van der Waals surface area (Å²) in [6.45, 7) is 1.70. The lowest BCUT2D eigenvalue weighted by molar-refractivity contribution is -0.122. The summed E-state index contributed by atoms with van der Waals surface area (Å²) in [5.41, 5.74) is 6.96. The molecule has 2 rings (SSSR count). The molecule has 0 radical (unpaired) electrons. The zero-order chi connectivity index (χ0) is 20.9. The van der Waals surface area contributed by atoms with Crippen LogP contribution in [0.15, 0.2) is 53.4 Å². The Morgan fingerprint density at radius 3 is 2.14 bits per heavy atom. The lowest BCUT2D eigenvalue weighted by Gasteiger charge is -2.29. The molecule has 0 aliphatic rings. The summed E-state index contributed by atoms with van der Waals surface area (Å²) >= 11 is 5.82. The minimum absolute atomic E-state index is 0.104. The number of nitrogens with zero attached hydrogens (tertiary/aromatic N) is 1. The van der Waals surface area contributed by atoms with E-state index in [9.17, 15) is 22.0 Å². The number of sulfonamides is 1. The Kier molecular flexibility index (Phi) is 7.51. The Morgan fingerprint density at radius 1 is 1.07 bits per heavy atom. The maximum atomic E-state index is 13.2. The van der Waals surface area contributed by atoms with Crippen LogP contribution in [0.3, 0.4) is 0 Å². The summed E-state index contributed by atoms with van der Waals surface area (Å²) < 4.78 is 52.7. The Labute approximate surface area is 168 Å². The minimum Gasteiger partial charge on any atom is -0.368 e. The molecule has 0 saturated heterocycles. The highest BCUT2D eigenvalue weighted by Crippen LogP contribution is 2.25. The second-order valence-corrected chi connectivity index (χ2v) is 8.70. The normalized spacial score (nSPS) is 13.1. The molecule has 1 amide bonds. The van der Waals surface area contributed by atoms with Crippen LogP contribution in [0.5, 0.6) is 0 Å². The molecule has 5 nitrogen and oxygen atoms in total. The number of nitrogens with two attached hydrogens (primary N) is 1. The summed E-state index contributed by atoms with van der Waals surface area (Å²) in [6, 6.07) is 11.0. The van der Waals surface area contributed by atoms with Crippen LogP contribution >= 0.6 is 11.6 Å². The van der Waals surface area contributed by atoms with E-state index in [4.69, 9.17) is 17.3 Å². The van der Waals surface area contributed by atoms with Gasteiger partial charge in [-0.3, -0.25) is 4.79 Å². The molecule has 1 atom stereocenters. The van der Waals surface area contributed by atoms with Gasteiger partial charge in [-0.15, -0.1) is 0 Å². The summed E-state index contributed by atoms with van der Waals surface area (Å²) in [4.78, 5) is 11.9. The van der Waals surface area contributed by atoms with E-state index in [1.807, 2.05) is 6.92 Å². The fourth-order valence-corrected chi connectivity index (χ4v) is 4.43. The SMILES string of the molecule is Cc1ccc(CN(C(CCC(F)F)C(N)=O)S(=O)(=O)c2ccc(Cl)cc2)cc1. The molecule has 152 valence electrons. The van der Waals surface area contributed by atoms with Gasteiger partial charge in [-0.05, 0) is 43.2 Å². The predicted molar refractivity (Wildman–Crippen MR) is 104 cm³/mol. The summed E-state index contributed by atoms with van der Waals surface area (Å²) in [7, 11) is -4.19. The van der Waals surface area contributed by atoms with Crippen LogP contribution in [0.1, 0.15) is 24.0 Å². The molecule has 2 aromatic rings. The quantitative estimate of drug-likeness (QED) is 0.658. The highest BCUT2D eigenvalue weighted by molar-refractivity contribution is 7.89. The zero-order valence-corrected chi connectivity index (χ0v) is 16.8. The topological polar surface area (TPSA) is 80.5 Å². The second kappa shape index (κ2) is 9.45. The monoisotopic (exact) mass is 430 g/mol. The molecular weight excluding hydrogens is 410 g/mol. The molecule has 0 spiro atoms. The first-order chi connectivity index (χ1) is 13.1. The van der Waals surface area contributed by atoms with Gasteiger partial charge in [-0.1, -0.05) is 41.4 Å². The number of aryl methyl sites for hydroxylation is 1. The van der Waals surface area contributed by atoms with Crippen LogP contribution in [0.25, 0.3) is 0 Å². The van der Waals surface area contributed by atoms with Crippen molar-refractivity contribution < 1.29 is 22.0 Å². The Morgan fingerprint density at radius 2 is 1.64 bits per heavy atom. The third kappa shape index (κ3) is 5.73. The first-order valence-electron chi connectivity index (χ1n) is 8.51. The van der Waals surface area contributed by atoms with E-state index in [0.717, 1.165) is 9.87 Å². The van der Waals surface area contributed by atoms with Crippen molar-refractivity contribution >= 4 is 27.5 Å². The van der Waals surface area contributed by atoms with Crippen LogP contribution in [-0.2, 0) is 21.4 Å². The van der Waals surface area contributed by atoms with Crippen molar-refractivity contribution in [3.63, 3.8) is 0 Å². The van der Waals surface area contributed by atoms with E-state index in [-0.39, 0.29) is 17.9 Å². The van der Waals surface area contributed by atoms with Gasteiger partial charge < -0.3 is 5.73 Å². The molecule has 2 N–H and O–H groups in total. The predicted octanol–water partition coefficient (Wildman–Crippen LogP) is 3.74. The van der Waals surface area contributed by atoms with E-state index in [1.165, 1.54) is 24.3 Å². The number of primary amides is 1. The number of rotatable bonds is 9. The van der Waals surface area contributed by atoms with Crippen LogP contribution in [0.4, 0.5) is 8.78 Å². The van der Waals surface area contributed by atoms with Crippen molar-refractivity contribution in [3.05, 3.63) is 64.7 Å². The van der Waals surface area contributed by atoms with E-state index >= 15 is 0 Å². The van der Waals surface area contributed by atoms with E-state index < -0.39 is 34.8 Å². The number of halogens is 3. The maximum Gasteiger partial charge on any atom is 0.244 e. The smallest absolute Gasteiger partial charge is 0.244 e. The fourth-order valence-electron chi connectivity index (χ4n) is 2.69. The largest absolute Gasteiger partial charge is 0.368 e. The van der Waals surface area contributed by atoms with Crippen molar-refractivity contribution in [1.29, 1.82) is 0 Å². The van der Waals surface area contributed by atoms with E-state index in [0.29, 0.717) is 10.6 Å². The molecule has 2 aromatic carbocycles. The average molecular weight is 431 g/mol. The summed E-state index contributed by atoms with van der Waals surface area (Å²) in [5, 5.41) is 0.341. The molecule has 0 aliphatic heterocycles. The van der Waals surface area contributed by atoms with E-state index in [1.54, 1.807) is 24.3 Å². The van der Waals surface area contributed by atoms with Gasteiger partial charge in [0, 0.05) is 18.0 Å². The number of carbonyl (C=O) groups is 1. The molecule has 0 bridgehead atoms. The van der Waals surface area contributed by atoms with Crippen LogP contribution < -0.4 is 5.73 Å². The maximum absolute atomic E-state index is 13.2. The first kappa shape index (κ1) is 22.3. The Hall–Kier alpha value is -2.03. The van der Waals surface area contributed by atoms with Crippen molar-refractivity contribution in [3.8, 4) is 0 Å². The first-order valence-corrected chi connectivity index (χ1v) is 10.3. The number of hydrogen-bond donors (Lipinski definition) is 1. The van der Waals surface area contributed by atoms with Crippen molar-refractivity contribution in [1.82, 2.24) is 4.31 Å². The van der Waals surface area contributed by atoms with Crippen molar-refractivity contribution in [2.24, 2.45) is 5.73 Å². The zero-order valence-electron chi connectivity index (χ0n) is 15.2. The van der Waals surface area contributed by atoms with Gasteiger partial charge in [0.1, 0.15) is 6.04 Å². The number of alkyl halides is 2. The van der Waals surface area contributed by atoms with Gasteiger partial charge in [-0.2, -0.15) is 4.31 Å². The lowest BCUT2D eigenvalue weighted by Crippen LogP contribution is -2.47. The van der Waals surface area contributed by atoms with Gasteiger partial charge in [0.2, 0.25) is 22.4 Å². The molecule has 0 aromatic heterocycles. The minimum atomic E-state index is -4.19. The van der Waals surface area contributed by atoms with Gasteiger partial charge in [0.15, 0.2) is 0 Å². The third-order valence-electron chi connectivity index (χ3n) is 4.21. The van der Waals surface area contributed by atoms with Crippen LogP contribution in [0.2, 0.25) is 5.02 Å². The molecule has 0 heterocycles. The fraction of sp³-hybridized carbons (Fsp3) is 0.316. The average Bonchev–Trinajstić information content (AvgIpc) is 2.62. The van der Waals surface area contributed by atoms with Gasteiger partial charge in [0.25, 0.3) is 0 Å². The van der Waals surface area contributed by atoms with Gasteiger partial charge >= 0.3 is 0 Å². The standard InChI is InChI=1S/C19H21ClF2N2O3S/c1-13-2-4-14(5-3-13)12-24(17(19(23)25)10-11-18(21)22)28(26,27)16-8-6-15(20)7-9-16/h2-9,17-18H,10-12H2,1H3,(H2,23,25). The van der Waals surface area contributed by atoms with Gasteiger partial charge in [0.05, 0.1) is 4.90 Å². The summed E-state index contributed by atoms with van der Waals surface area (Å²) in [5.74, 6) is -0.981. The Balaban J connectivity index is 2.47. The van der Waals surface area contributed by atoms with E-state index in [2.05, 4.69) is 0 Å². The van der Waals surface area contributed by atoms with Crippen molar-refractivity contribution in [2.75, 3.05) is 0 Å². The highest BCUT2D eigenvalue weighted by atomic mass is 35.5. The number of carbonyl (C=O) groups excluding carboxylic acids is 1. The highest BCUT2D eigenvalue weighted by Gasteiger charge is 2.35. The Bertz CT molecular complexity index is 904. The molecule has 28 heavy (non-hydrogen) atoms. The van der Waals surface area contributed by atoms with Crippen LogP contribution in [-0.4, -0.2) is 31.1 Å². The lowest BCUT2D eigenvalue weighted by atomic mass is 10.1. The second-order valence-electron chi connectivity index (χ2n) is 6.38. The van der Waals surface area contributed by atoms with Crippen LogP contribution in [0, 0.1) is 6.92 Å². The van der Waals surface area contributed by atoms with Gasteiger partial charge in [-0.25, -0.2) is 17.2 Å². The third-order valence-corrected chi connectivity index (χ3v) is 6.33. The molecular formula is C19H21ClF2N2O3S. The summed E-state index contributed by atoms with van der Waals surface area (Å²) in [6.07, 6.45) is -3.71. The molecule has 9 heteroatoms. The molecule has 0 aliphatic carbocycles. The molecule has 0 saturated carbocycles. The number of benzene rings is 2.